The van der Waals surface area contributed by atoms with E-state index in [9.17, 15) is 4.79 Å². The van der Waals surface area contributed by atoms with Crippen LogP contribution in [0.3, 0.4) is 0 Å². The maximum atomic E-state index is 11.6. The second-order valence-electron chi connectivity index (χ2n) is 3.43. The van der Waals surface area contributed by atoms with E-state index in [4.69, 9.17) is 0 Å². The van der Waals surface area contributed by atoms with Gasteiger partial charge in [-0.05, 0) is 12.1 Å². The maximum absolute atomic E-state index is 11.6. The number of nitrogens with zero attached hydrogens (tertiary/aromatic N) is 1. The average Bonchev–Trinajstić information content (AvgIpc) is 2.50. The first-order chi connectivity index (χ1) is 6.23. The number of para-hydroxylation sites is 1. The van der Waals surface area contributed by atoms with Crippen molar-refractivity contribution in [2.45, 2.75) is 12.8 Å². The quantitative estimate of drug-likeness (QED) is 0.626. The van der Waals surface area contributed by atoms with E-state index in [-0.39, 0.29) is 0 Å². The number of benzene rings is 1. The van der Waals surface area contributed by atoms with Gasteiger partial charge in [-0.2, -0.15) is 0 Å². The van der Waals surface area contributed by atoms with Crippen molar-refractivity contribution >= 4 is 21.0 Å². The van der Waals surface area contributed by atoms with Crippen molar-refractivity contribution in [1.29, 1.82) is 0 Å². The van der Waals surface area contributed by atoms with Gasteiger partial charge in [-0.15, -0.1) is 0 Å². The predicted octanol–water partition coefficient (Wildman–Crippen LogP) is 2.10. The molecule has 3 heteroatoms. The Labute approximate surface area is 80.4 Å². The molecule has 2 rings (SSSR count). The van der Waals surface area contributed by atoms with Gasteiger partial charge in [0.05, 0.1) is 22.4 Å². The zero-order valence-corrected chi connectivity index (χ0v) is 8.60. The molecule has 13 heavy (non-hydrogen) atoms. The lowest BCUT2D eigenvalue weighted by atomic mass is 10.3. The van der Waals surface area contributed by atoms with Crippen molar-refractivity contribution in [3.8, 4) is 0 Å². The van der Waals surface area contributed by atoms with Crippen molar-refractivity contribution in [2.75, 3.05) is 6.54 Å². The highest BCUT2D eigenvalue weighted by Crippen LogP contribution is 2.34. The lowest BCUT2D eigenvalue weighted by molar-refractivity contribution is -0.123. The van der Waals surface area contributed by atoms with Gasteiger partial charge in [-0.1, -0.05) is 18.2 Å². The largest absolute Gasteiger partial charge is 0.319 e. The Morgan fingerprint density at radius 3 is 2.46 bits per heavy atom. The first kappa shape index (κ1) is 8.86. The molecule has 1 aromatic rings. The van der Waals surface area contributed by atoms with E-state index >= 15 is 0 Å². The number of carbonyl (C=O) groups is 1. The summed E-state index contributed by atoms with van der Waals surface area (Å²) in [6, 6.07) is 9.95. The van der Waals surface area contributed by atoms with Crippen molar-refractivity contribution in [2.24, 2.45) is 0 Å². The Morgan fingerprint density at radius 2 is 1.92 bits per heavy atom. The number of quaternary nitrogens is 1. The summed E-state index contributed by atoms with van der Waals surface area (Å²) in [5.41, 5.74) is 1.08. The first-order valence-corrected chi connectivity index (χ1v) is 5.01. The van der Waals surface area contributed by atoms with E-state index in [1.807, 2.05) is 30.3 Å². The molecule has 1 heterocycles. The van der Waals surface area contributed by atoms with Gasteiger partial charge in [0, 0.05) is 6.42 Å². The minimum atomic E-state index is 0.302. The fourth-order valence-corrected chi connectivity index (χ4v) is 2.25. The van der Waals surface area contributed by atoms with Crippen LogP contribution < -0.4 is 4.25 Å². The van der Waals surface area contributed by atoms with Gasteiger partial charge in [0.1, 0.15) is 5.69 Å². The van der Waals surface area contributed by atoms with Crippen LogP contribution in [-0.4, -0.2) is 12.5 Å². The van der Waals surface area contributed by atoms with E-state index in [2.05, 4.69) is 9.39 Å². The summed E-state index contributed by atoms with van der Waals surface area (Å²) in [6.45, 7) is 0.910. The highest BCUT2D eigenvalue weighted by molar-refractivity contribution is 7.18. The third-order valence-electron chi connectivity index (χ3n) is 2.56. The van der Waals surface area contributed by atoms with Crippen LogP contribution in [0.25, 0.3) is 0 Å². The second kappa shape index (κ2) is 3.21. The molecule has 68 valence electrons. The van der Waals surface area contributed by atoms with Gasteiger partial charge >= 0.3 is 5.91 Å². The van der Waals surface area contributed by atoms with E-state index in [1.165, 1.54) is 0 Å². The predicted molar refractivity (Wildman–Crippen MR) is 57.1 cm³/mol. The molecule has 2 nitrogen and oxygen atoms in total. The number of rotatable bonds is 1. The Hall–Kier alpha value is -0.720. The lowest BCUT2D eigenvalue weighted by Crippen LogP contribution is -2.39. The Bertz CT molecular complexity index is 325. The normalized spacial score (nSPS) is 27.9. The summed E-state index contributed by atoms with van der Waals surface area (Å²) in [7, 11) is 2.67. The Kier molecular flexibility index (Phi) is 2.19. The van der Waals surface area contributed by atoms with Crippen LogP contribution in [0.2, 0.25) is 0 Å². The molecule has 0 radical (unpaired) electrons. The van der Waals surface area contributed by atoms with Crippen LogP contribution in [0.5, 0.6) is 0 Å². The van der Waals surface area contributed by atoms with Crippen LogP contribution in [-0.2, 0) is 4.79 Å². The molecule has 1 aliphatic heterocycles. The number of carbonyl (C=O) groups excluding carboxylic acids is 1. The summed E-state index contributed by atoms with van der Waals surface area (Å²) < 4.78 is 0.404. The smallest absolute Gasteiger partial charge is 0.230 e. The SMILES string of the molecule is O=C1CCC[N+]1(P)c1ccccc1. The fraction of sp³-hybridized carbons (Fsp3) is 0.300. The highest BCUT2D eigenvalue weighted by atomic mass is 31.0. The monoisotopic (exact) mass is 194 g/mol. The average molecular weight is 194 g/mol. The Balaban J connectivity index is 2.40. The van der Waals surface area contributed by atoms with Crippen LogP contribution in [0.15, 0.2) is 30.3 Å². The Morgan fingerprint density at radius 1 is 1.23 bits per heavy atom. The van der Waals surface area contributed by atoms with Crippen LogP contribution in [0.1, 0.15) is 12.8 Å². The first-order valence-electron chi connectivity index (χ1n) is 4.49. The van der Waals surface area contributed by atoms with Crippen molar-refractivity contribution in [3.63, 3.8) is 0 Å². The lowest BCUT2D eigenvalue weighted by Gasteiger charge is -2.24. The molecule has 2 unspecified atom stereocenters. The van der Waals surface area contributed by atoms with Crippen molar-refractivity contribution in [1.82, 2.24) is 4.25 Å². The number of hydrogen-bond acceptors (Lipinski definition) is 1. The summed E-state index contributed by atoms with van der Waals surface area (Å²) in [6.07, 6.45) is 1.70. The van der Waals surface area contributed by atoms with Gasteiger partial charge in [0.15, 0.2) is 0 Å². The molecular formula is C10H13NOP+. The summed E-state index contributed by atoms with van der Waals surface area (Å²) in [5, 5.41) is 0. The molecular weight excluding hydrogens is 181 g/mol. The molecule has 1 fully saturated rings. The number of amides is 1. The molecule has 1 saturated heterocycles. The van der Waals surface area contributed by atoms with Crippen LogP contribution in [0.4, 0.5) is 5.69 Å². The minimum absolute atomic E-state index is 0.302. The summed E-state index contributed by atoms with van der Waals surface area (Å²) >= 11 is 0. The highest BCUT2D eigenvalue weighted by Gasteiger charge is 2.39. The van der Waals surface area contributed by atoms with Gasteiger partial charge in [-0.3, -0.25) is 0 Å². The number of hydrogen-bond donors (Lipinski definition) is 0. The molecule has 0 spiro atoms. The molecule has 1 aromatic carbocycles. The third kappa shape index (κ3) is 1.41. The molecule has 0 aliphatic carbocycles. The molecule has 0 saturated carbocycles. The molecule has 2 atom stereocenters. The maximum Gasteiger partial charge on any atom is 0.319 e. The van der Waals surface area contributed by atoms with Crippen LogP contribution >= 0.6 is 9.39 Å². The van der Waals surface area contributed by atoms with Gasteiger partial charge in [-0.25, -0.2) is 9.05 Å². The molecule has 1 amide bonds. The van der Waals surface area contributed by atoms with Gasteiger partial charge in [0.25, 0.3) is 0 Å². The van der Waals surface area contributed by atoms with E-state index in [1.54, 1.807) is 0 Å². The minimum Gasteiger partial charge on any atom is -0.230 e. The molecule has 0 aromatic heterocycles. The van der Waals surface area contributed by atoms with Gasteiger partial charge in [0.2, 0.25) is 0 Å². The summed E-state index contributed by atoms with van der Waals surface area (Å²) in [5.74, 6) is 0.302. The van der Waals surface area contributed by atoms with E-state index < -0.39 is 0 Å². The van der Waals surface area contributed by atoms with Crippen molar-refractivity contribution < 1.29 is 4.79 Å². The third-order valence-corrected chi connectivity index (χ3v) is 3.41. The van der Waals surface area contributed by atoms with Crippen LogP contribution in [0, 0.1) is 0 Å². The zero-order valence-electron chi connectivity index (χ0n) is 7.44. The van der Waals surface area contributed by atoms with Gasteiger partial charge < -0.3 is 0 Å². The topological polar surface area (TPSA) is 17.1 Å². The zero-order chi connectivity index (χ0) is 9.31. The molecule has 0 N–H and O–H groups in total. The summed E-state index contributed by atoms with van der Waals surface area (Å²) in [4.78, 5) is 11.6. The standard InChI is InChI=1S/C10H13NOP/c12-10-7-4-8-11(10,13)9-5-2-1-3-6-9/h1-3,5-6H,4,7-8,13H2/q+1. The molecule has 1 aliphatic rings. The van der Waals surface area contributed by atoms with E-state index in [0.29, 0.717) is 16.6 Å². The van der Waals surface area contributed by atoms with E-state index in [0.717, 1.165) is 18.7 Å². The second-order valence-corrected chi connectivity index (χ2v) is 4.31. The fourth-order valence-electron chi connectivity index (χ4n) is 1.77. The van der Waals surface area contributed by atoms with Crippen molar-refractivity contribution in [3.05, 3.63) is 30.3 Å². The molecule has 0 bridgehead atoms.